The minimum atomic E-state index is -1.04. The molecular formula is C19H18N2O4. The number of ketones is 1. The van der Waals surface area contributed by atoms with Crippen LogP contribution >= 0.6 is 0 Å². The van der Waals surface area contributed by atoms with Crippen LogP contribution < -0.4 is 10.6 Å². The maximum Gasteiger partial charge on any atom is 0.237 e. The first-order chi connectivity index (χ1) is 11.9. The molecule has 1 aliphatic rings. The number of hydrogen-bond acceptors (Lipinski definition) is 4. The van der Waals surface area contributed by atoms with Gasteiger partial charge in [0, 0.05) is 13.3 Å². The monoisotopic (exact) mass is 338 g/mol. The largest absolute Gasteiger partial charge is 0.346 e. The summed E-state index contributed by atoms with van der Waals surface area (Å²) < 4.78 is 0. The maximum absolute atomic E-state index is 12.7. The van der Waals surface area contributed by atoms with Crippen molar-refractivity contribution in [1.82, 2.24) is 10.6 Å². The Labute approximate surface area is 144 Å². The van der Waals surface area contributed by atoms with Crippen LogP contribution in [0.15, 0.2) is 42.5 Å². The quantitative estimate of drug-likeness (QED) is 0.631. The average molecular weight is 338 g/mol. The zero-order chi connectivity index (χ0) is 18.0. The number of amides is 3. The average Bonchev–Trinajstić information content (AvgIpc) is 2.91. The predicted molar refractivity (Wildman–Crippen MR) is 91.5 cm³/mol. The van der Waals surface area contributed by atoms with Gasteiger partial charge in [-0.1, -0.05) is 42.5 Å². The minimum absolute atomic E-state index is 0.161. The van der Waals surface area contributed by atoms with Crippen molar-refractivity contribution in [2.45, 2.75) is 25.8 Å². The Bertz CT molecular complexity index is 875. The number of hydrogen-bond donors (Lipinski definition) is 2. The fourth-order valence-electron chi connectivity index (χ4n) is 3.10. The van der Waals surface area contributed by atoms with Crippen LogP contribution in [0.4, 0.5) is 0 Å². The predicted octanol–water partition coefficient (Wildman–Crippen LogP) is 1.12. The Morgan fingerprint density at radius 2 is 1.88 bits per heavy atom. The van der Waals surface area contributed by atoms with Crippen molar-refractivity contribution in [3.05, 3.63) is 48.0 Å². The molecule has 25 heavy (non-hydrogen) atoms. The van der Waals surface area contributed by atoms with Gasteiger partial charge in [-0.25, -0.2) is 0 Å². The molecule has 0 spiro atoms. The third-order valence-electron chi connectivity index (χ3n) is 4.29. The van der Waals surface area contributed by atoms with Gasteiger partial charge in [-0.15, -0.1) is 0 Å². The first-order valence-electron chi connectivity index (χ1n) is 8.06. The van der Waals surface area contributed by atoms with Gasteiger partial charge in [0.2, 0.25) is 17.7 Å². The van der Waals surface area contributed by atoms with Crippen molar-refractivity contribution in [2.75, 3.05) is 0 Å². The summed E-state index contributed by atoms with van der Waals surface area (Å²) in [6.07, 6.45) is 0.104. The molecule has 128 valence electrons. The number of fused-ring (bicyclic) bond motifs is 1. The lowest BCUT2D eigenvalue weighted by Crippen LogP contribution is -2.45. The molecule has 0 saturated carbocycles. The third-order valence-corrected chi connectivity index (χ3v) is 4.29. The summed E-state index contributed by atoms with van der Waals surface area (Å²) in [5.41, 5.74) is 0.871. The molecule has 1 unspecified atom stereocenters. The second-order valence-electron chi connectivity index (χ2n) is 6.21. The van der Waals surface area contributed by atoms with Gasteiger partial charge in [-0.3, -0.25) is 24.5 Å². The summed E-state index contributed by atoms with van der Waals surface area (Å²) in [6, 6.07) is 12.8. The highest BCUT2D eigenvalue weighted by atomic mass is 16.2. The number of nitrogens with one attached hydrogen (secondary N) is 2. The summed E-state index contributed by atoms with van der Waals surface area (Å²) >= 11 is 0. The standard InChI is InChI=1S/C19H18N2O4/c1-11(22)20-16(18(24)15-10-17(23)21-19(15)25)9-12-6-7-13-4-2-3-5-14(13)8-12/h2-8,15-16H,9-10H2,1H3,(H,20,22)(H,21,23,25)/t15?,16-/m1/s1. The van der Waals surface area contributed by atoms with Crippen LogP contribution in [0.5, 0.6) is 0 Å². The molecule has 2 aromatic carbocycles. The van der Waals surface area contributed by atoms with Gasteiger partial charge in [-0.05, 0) is 22.8 Å². The third kappa shape index (κ3) is 3.74. The molecular weight excluding hydrogens is 320 g/mol. The molecule has 3 rings (SSSR count). The lowest BCUT2D eigenvalue weighted by molar-refractivity contribution is -0.135. The van der Waals surface area contributed by atoms with Gasteiger partial charge < -0.3 is 5.32 Å². The lowest BCUT2D eigenvalue weighted by Gasteiger charge is -2.19. The second kappa shape index (κ2) is 6.84. The van der Waals surface area contributed by atoms with Crippen molar-refractivity contribution < 1.29 is 19.2 Å². The van der Waals surface area contributed by atoms with E-state index in [1.807, 2.05) is 42.5 Å². The minimum Gasteiger partial charge on any atom is -0.346 e. The Morgan fingerprint density at radius 1 is 1.16 bits per heavy atom. The highest BCUT2D eigenvalue weighted by Crippen LogP contribution is 2.19. The van der Waals surface area contributed by atoms with Crippen molar-refractivity contribution >= 4 is 34.3 Å². The lowest BCUT2D eigenvalue weighted by atomic mass is 9.91. The van der Waals surface area contributed by atoms with E-state index in [2.05, 4.69) is 10.6 Å². The molecule has 2 aromatic rings. The number of carbonyl (C=O) groups is 4. The second-order valence-corrected chi connectivity index (χ2v) is 6.21. The number of imide groups is 1. The number of benzene rings is 2. The Kier molecular flexibility index (Phi) is 4.61. The van der Waals surface area contributed by atoms with Crippen LogP contribution in [0.1, 0.15) is 18.9 Å². The van der Waals surface area contributed by atoms with Gasteiger partial charge in [0.15, 0.2) is 5.78 Å². The van der Waals surface area contributed by atoms with E-state index in [1.165, 1.54) is 6.92 Å². The van der Waals surface area contributed by atoms with Crippen LogP contribution in [0.3, 0.4) is 0 Å². The number of rotatable bonds is 5. The Morgan fingerprint density at radius 3 is 2.52 bits per heavy atom. The molecule has 0 radical (unpaired) electrons. The molecule has 2 atom stereocenters. The molecule has 1 aliphatic heterocycles. The van der Waals surface area contributed by atoms with E-state index in [-0.39, 0.29) is 18.7 Å². The van der Waals surface area contributed by atoms with Crippen LogP contribution in [0, 0.1) is 5.92 Å². The van der Waals surface area contributed by atoms with Crippen LogP contribution in [-0.4, -0.2) is 29.5 Å². The number of carbonyl (C=O) groups excluding carboxylic acids is 4. The fourth-order valence-corrected chi connectivity index (χ4v) is 3.10. The molecule has 6 heteroatoms. The van der Waals surface area contributed by atoms with Gasteiger partial charge in [-0.2, -0.15) is 0 Å². The summed E-state index contributed by atoms with van der Waals surface area (Å²) in [5, 5.41) is 6.85. The van der Waals surface area contributed by atoms with E-state index >= 15 is 0 Å². The molecule has 3 amide bonds. The van der Waals surface area contributed by atoms with Crippen LogP contribution in [0.25, 0.3) is 10.8 Å². The first-order valence-corrected chi connectivity index (χ1v) is 8.06. The van der Waals surface area contributed by atoms with E-state index < -0.39 is 29.6 Å². The molecule has 1 saturated heterocycles. The normalized spacial score (nSPS) is 18.0. The van der Waals surface area contributed by atoms with Crippen molar-refractivity contribution in [3.8, 4) is 0 Å². The van der Waals surface area contributed by atoms with Crippen molar-refractivity contribution in [3.63, 3.8) is 0 Å². The smallest absolute Gasteiger partial charge is 0.237 e. The van der Waals surface area contributed by atoms with Gasteiger partial charge in [0.25, 0.3) is 0 Å². The molecule has 0 aliphatic carbocycles. The highest BCUT2D eigenvalue weighted by Gasteiger charge is 2.39. The van der Waals surface area contributed by atoms with Crippen LogP contribution in [-0.2, 0) is 25.6 Å². The summed E-state index contributed by atoms with van der Waals surface area (Å²) in [6.45, 7) is 1.32. The van der Waals surface area contributed by atoms with Gasteiger partial charge in [0.1, 0.15) is 5.92 Å². The highest BCUT2D eigenvalue weighted by molar-refractivity contribution is 6.15. The van der Waals surface area contributed by atoms with E-state index in [1.54, 1.807) is 0 Å². The molecule has 0 bridgehead atoms. The van der Waals surface area contributed by atoms with Crippen molar-refractivity contribution in [1.29, 1.82) is 0 Å². The summed E-state index contributed by atoms with van der Waals surface area (Å²) in [4.78, 5) is 47.3. The zero-order valence-electron chi connectivity index (χ0n) is 13.7. The SMILES string of the molecule is CC(=O)N[C@H](Cc1ccc2ccccc2c1)C(=O)C1CC(=O)NC1=O. The van der Waals surface area contributed by atoms with Crippen molar-refractivity contribution in [2.24, 2.45) is 5.92 Å². The van der Waals surface area contributed by atoms with E-state index in [9.17, 15) is 19.2 Å². The van der Waals surface area contributed by atoms with Gasteiger partial charge in [0.05, 0.1) is 6.04 Å². The van der Waals surface area contributed by atoms with E-state index in [4.69, 9.17) is 0 Å². The Hall–Kier alpha value is -3.02. The topological polar surface area (TPSA) is 92.3 Å². The number of Topliss-reactive ketones (excluding diaryl/α,β-unsaturated/α-hetero) is 1. The molecule has 2 N–H and O–H groups in total. The first kappa shape index (κ1) is 16.8. The fraction of sp³-hybridized carbons (Fsp3) is 0.263. The summed E-state index contributed by atoms with van der Waals surface area (Å²) in [5.74, 6) is -2.89. The van der Waals surface area contributed by atoms with E-state index in [0.717, 1.165) is 16.3 Å². The molecule has 6 nitrogen and oxygen atoms in total. The van der Waals surface area contributed by atoms with Gasteiger partial charge >= 0.3 is 0 Å². The maximum atomic E-state index is 12.7. The molecule has 1 heterocycles. The van der Waals surface area contributed by atoms with E-state index in [0.29, 0.717) is 0 Å². The molecule has 1 fully saturated rings. The Balaban J connectivity index is 1.84. The summed E-state index contributed by atoms with van der Waals surface area (Å²) in [7, 11) is 0. The zero-order valence-corrected chi connectivity index (χ0v) is 13.7. The molecule has 0 aromatic heterocycles. The van der Waals surface area contributed by atoms with Crippen LogP contribution in [0.2, 0.25) is 0 Å².